The molecule has 0 spiro atoms. The standard InChI is InChI=1S/C17H15NO2/c1-20-16-9-8-15(13-6-2-3-7-14(13)16)17(19)12-5-4-10-18-11-12/h2-11,17,19H,1H3. The maximum Gasteiger partial charge on any atom is 0.126 e. The molecule has 3 rings (SSSR count). The van der Waals surface area contributed by atoms with E-state index < -0.39 is 6.10 Å². The molecular formula is C17H15NO2. The first-order valence-corrected chi connectivity index (χ1v) is 6.45. The molecule has 2 aromatic carbocycles. The summed E-state index contributed by atoms with van der Waals surface area (Å²) in [7, 11) is 1.65. The quantitative estimate of drug-likeness (QED) is 0.790. The number of nitrogens with zero attached hydrogens (tertiary/aromatic N) is 1. The van der Waals surface area contributed by atoms with Crippen LogP contribution in [-0.2, 0) is 0 Å². The molecule has 3 heteroatoms. The second-order valence-electron chi connectivity index (χ2n) is 4.59. The fourth-order valence-corrected chi connectivity index (χ4v) is 2.43. The molecule has 0 amide bonds. The van der Waals surface area contributed by atoms with Gasteiger partial charge in [-0.3, -0.25) is 4.98 Å². The van der Waals surface area contributed by atoms with Gasteiger partial charge in [-0.2, -0.15) is 0 Å². The second kappa shape index (κ2) is 5.31. The Balaban J connectivity index is 2.18. The number of aromatic nitrogens is 1. The minimum atomic E-state index is -0.695. The lowest BCUT2D eigenvalue weighted by Gasteiger charge is -2.15. The highest BCUT2D eigenvalue weighted by Gasteiger charge is 2.15. The van der Waals surface area contributed by atoms with Crippen LogP contribution in [0, 0.1) is 0 Å². The first-order valence-electron chi connectivity index (χ1n) is 6.45. The average molecular weight is 265 g/mol. The minimum absolute atomic E-state index is 0.695. The van der Waals surface area contributed by atoms with Crippen molar-refractivity contribution in [3.05, 3.63) is 72.1 Å². The third-order valence-corrected chi connectivity index (χ3v) is 3.43. The summed E-state index contributed by atoms with van der Waals surface area (Å²) >= 11 is 0. The van der Waals surface area contributed by atoms with Crippen LogP contribution in [0.25, 0.3) is 10.8 Å². The predicted octanol–water partition coefficient (Wildman–Crippen LogP) is 3.33. The van der Waals surface area contributed by atoms with Gasteiger partial charge in [0, 0.05) is 23.3 Å². The van der Waals surface area contributed by atoms with Crippen molar-refractivity contribution >= 4 is 10.8 Å². The molecule has 0 saturated heterocycles. The van der Waals surface area contributed by atoms with Gasteiger partial charge in [-0.05, 0) is 23.1 Å². The lowest BCUT2D eigenvalue weighted by molar-refractivity contribution is 0.221. The van der Waals surface area contributed by atoms with E-state index in [0.717, 1.165) is 27.6 Å². The molecule has 1 N–H and O–H groups in total. The molecule has 0 radical (unpaired) electrons. The molecule has 20 heavy (non-hydrogen) atoms. The van der Waals surface area contributed by atoms with Gasteiger partial charge >= 0.3 is 0 Å². The molecule has 3 aromatic rings. The Bertz CT molecular complexity index is 725. The fraction of sp³-hybridized carbons (Fsp3) is 0.118. The van der Waals surface area contributed by atoms with Crippen molar-refractivity contribution in [2.75, 3.05) is 7.11 Å². The number of methoxy groups -OCH3 is 1. The van der Waals surface area contributed by atoms with Crippen molar-refractivity contribution in [1.82, 2.24) is 4.98 Å². The van der Waals surface area contributed by atoms with E-state index in [4.69, 9.17) is 4.74 Å². The minimum Gasteiger partial charge on any atom is -0.496 e. The molecule has 1 unspecified atom stereocenters. The zero-order chi connectivity index (χ0) is 13.9. The van der Waals surface area contributed by atoms with E-state index >= 15 is 0 Å². The first-order chi connectivity index (χ1) is 9.81. The van der Waals surface area contributed by atoms with Gasteiger partial charge in [0.05, 0.1) is 7.11 Å². The lowest BCUT2D eigenvalue weighted by atomic mass is 9.96. The van der Waals surface area contributed by atoms with Crippen LogP contribution in [-0.4, -0.2) is 17.2 Å². The Kier molecular flexibility index (Phi) is 3.35. The fourth-order valence-electron chi connectivity index (χ4n) is 2.43. The molecule has 1 atom stereocenters. The van der Waals surface area contributed by atoms with E-state index in [9.17, 15) is 5.11 Å². The summed E-state index contributed by atoms with van der Waals surface area (Å²) in [6.07, 6.45) is 2.69. The van der Waals surface area contributed by atoms with Crippen LogP contribution in [0.2, 0.25) is 0 Å². The number of pyridine rings is 1. The second-order valence-corrected chi connectivity index (χ2v) is 4.59. The maximum atomic E-state index is 10.6. The third kappa shape index (κ3) is 2.12. The highest BCUT2D eigenvalue weighted by molar-refractivity contribution is 5.91. The van der Waals surface area contributed by atoms with Gasteiger partial charge in [0.2, 0.25) is 0 Å². The summed E-state index contributed by atoms with van der Waals surface area (Å²) in [5.74, 6) is 0.808. The van der Waals surface area contributed by atoms with Gasteiger partial charge in [0.25, 0.3) is 0 Å². The summed E-state index contributed by atoms with van der Waals surface area (Å²) in [4.78, 5) is 4.06. The topological polar surface area (TPSA) is 42.4 Å². The van der Waals surface area contributed by atoms with Crippen LogP contribution in [0.4, 0.5) is 0 Å². The summed E-state index contributed by atoms with van der Waals surface area (Å²) < 4.78 is 5.37. The van der Waals surface area contributed by atoms with Gasteiger partial charge in [-0.15, -0.1) is 0 Å². The Hall–Kier alpha value is -2.39. The Morgan fingerprint density at radius 3 is 2.50 bits per heavy atom. The van der Waals surface area contributed by atoms with Crippen molar-refractivity contribution in [2.45, 2.75) is 6.10 Å². The molecule has 0 fully saturated rings. The van der Waals surface area contributed by atoms with Gasteiger partial charge in [0.1, 0.15) is 11.9 Å². The van der Waals surface area contributed by atoms with E-state index in [1.807, 2.05) is 48.5 Å². The molecule has 1 aromatic heterocycles. The number of hydrogen-bond acceptors (Lipinski definition) is 3. The number of fused-ring (bicyclic) bond motifs is 1. The largest absolute Gasteiger partial charge is 0.496 e. The Morgan fingerprint density at radius 2 is 1.80 bits per heavy atom. The van der Waals surface area contributed by atoms with Crippen molar-refractivity contribution < 1.29 is 9.84 Å². The Morgan fingerprint density at radius 1 is 1.00 bits per heavy atom. The molecule has 0 aliphatic heterocycles. The van der Waals surface area contributed by atoms with Crippen LogP contribution in [0.3, 0.4) is 0 Å². The molecule has 0 aliphatic rings. The van der Waals surface area contributed by atoms with Crippen molar-refractivity contribution in [1.29, 1.82) is 0 Å². The van der Waals surface area contributed by atoms with Gasteiger partial charge in [0.15, 0.2) is 0 Å². The monoisotopic (exact) mass is 265 g/mol. The normalized spacial score (nSPS) is 12.3. The summed E-state index contributed by atoms with van der Waals surface area (Å²) in [6, 6.07) is 15.4. The first kappa shape index (κ1) is 12.6. The maximum absolute atomic E-state index is 10.6. The van der Waals surface area contributed by atoms with Gasteiger partial charge < -0.3 is 9.84 Å². The molecule has 100 valence electrons. The third-order valence-electron chi connectivity index (χ3n) is 3.43. The van der Waals surface area contributed by atoms with E-state index in [1.165, 1.54) is 0 Å². The smallest absolute Gasteiger partial charge is 0.126 e. The zero-order valence-electron chi connectivity index (χ0n) is 11.2. The number of hydrogen-bond donors (Lipinski definition) is 1. The lowest BCUT2D eigenvalue weighted by Crippen LogP contribution is -2.01. The highest BCUT2D eigenvalue weighted by atomic mass is 16.5. The molecular weight excluding hydrogens is 250 g/mol. The van der Waals surface area contributed by atoms with Crippen LogP contribution >= 0.6 is 0 Å². The number of aliphatic hydroxyl groups is 1. The summed E-state index contributed by atoms with van der Waals surface area (Å²) in [5, 5.41) is 12.6. The zero-order valence-corrected chi connectivity index (χ0v) is 11.2. The van der Waals surface area contributed by atoms with Gasteiger partial charge in [-0.25, -0.2) is 0 Å². The number of ether oxygens (including phenoxy) is 1. The van der Waals surface area contributed by atoms with Crippen LogP contribution in [0.5, 0.6) is 5.75 Å². The molecule has 0 bridgehead atoms. The highest BCUT2D eigenvalue weighted by Crippen LogP contribution is 2.33. The van der Waals surface area contributed by atoms with Crippen LogP contribution < -0.4 is 4.74 Å². The molecule has 3 nitrogen and oxygen atoms in total. The van der Waals surface area contributed by atoms with Crippen LogP contribution in [0.15, 0.2) is 60.9 Å². The van der Waals surface area contributed by atoms with Gasteiger partial charge in [-0.1, -0.05) is 36.4 Å². The van der Waals surface area contributed by atoms with Crippen molar-refractivity contribution in [3.8, 4) is 5.75 Å². The molecule has 0 aliphatic carbocycles. The van der Waals surface area contributed by atoms with E-state index in [1.54, 1.807) is 19.5 Å². The molecule has 0 saturated carbocycles. The van der Waals surface area contributed by atoms with Crippen molar-refractivity contribution in [3.63, 3.8) is 0 Å². The average Bonchev–Trinajstić information content (AvgIpc) is 2.54. The predicted molar refractivity (Wildman–Crippen MR) is 78.8 cm³/mol. The number of benzene rings is 2. The summed E-state index contributed by atoms with van der Waals surface area (Å²) in [5.41, 5.74) is 1.64. The van der Waals surface area contributed by atoms with E-state index in [0.29, 0.717) is 0 Å². The van der Waals surface area contributed by atoms with E-state index in [2.05, 4.69) is 4.98 Å². The summed E-state index contributed by atoms with van der Waals surface area (Å²) in [6.45, 7) is 0. The van der Waals surface area contributed by atoms with E-state index in [-0.39, 0.29) is 0 Å². The number of rotatable bonds is 3. The Labute approximate surface area is 117 Å². The van der Waals surface area contributed by atoms with Crippen molar-refractivity contribution in [2.24, 2.45) is 0 Å². The number of aliphatic hydroxyl groups excluding tert-OH is 1. The van der Waals surface area contributed by atoms with Crippen LogP contribution in [0.1, 0.15) is 17.2 Å². The SMILES string of the molecule is COc1ccc(C(O)c2cccnc2)c2ccccc12. The molecule has 1 heterocycles.